The van der Waals surface area contributed by atoms with E-state index in [1.165, 1.54) is 13.8 Å². The molecule has 2 rings (SSSR count). The lowest BCUT2D eigenvalue weighted by Crippen LogP contribution is -2.39. The average molecular weight is 490 g/mol. The van der Waals surface area contributed by atoms with Crippen molar-refractivity contribution in [2.75, 3.05) is 4.31 Å². The van der Waals surface area contributed by atoms with Crippen LogP contribution in [0.3, 0.4) is 0 Å². The smallest absolute Gasteiger partial charge is 0.376 e. The molecule has 12 heteroatoms. The zero-order valence-corrected chi connectivity index (χ0v) is 18.0. The molecule has 0 aliphatic rings. The summed E-state index contributed by atoms with van der Waals surface area (Å²) in [7, 11) is -4.63. The molecule has 1 unspecified atom stereocenters. The molecule has 1 atom stereocenters. The first-order valence-corrected chi connectivity index (χ1v) is 10.5. The normalized spacial score (nSPS) is 15.1. The van der Waals surface area contributed by atoms with Crippen LogP contribution in [0.25, 0.3) is 0 Å². The second-order valence-electron chi connectivity index (χ2n) is 7.15. The van der Waals surface area contributed by atoms with Crippen molar-refractivity contribution in [3.63, 3.8) is 0 Å². The van der Waals surface area contributed by atoms with E-state index in [9.17, 15) is 39.9 Å². The Balaban J connectivity index is 2.59. The molecular weight excluding hydrogens is 472 g/mol. The van der Waals surface area contributed by atoms with Crippen LogP contribution >= 0.6 is 11.6 Å². The van der Waals surface area contributed by atoms with E-state index in [-0.39, 0.29) is 5.69 Å². The molecule has 0 bridgehead atoms. The van der Waals surface area contributed by atoms with Gasteiger partial charge >= 0.3 is 12.4 Å². The van der Waals surface area contributed by atoms with Gasteiger partial charge in [0.05, 0.1) is 16.3 Å². The summed E-state index contributed by atoms with van der Waals surface area (Å²) in [5, 5.41) is 9.31. The van der Waals surface area contributed by atoms with E-state index in [2.05, 4.69) is 0 Å². The molecule has 0 amide bonds. The van der Waals surface area contributed by atoms with Crippen LogP contribution in [0.15, 0.2) is 47.4 Å². The molecular formula is C19H18ClF6NO3S. The highest BCUT2D eigenvalue weighted by Crippen LogP contribution is 2.40. The minimum Gasteiger partial charge on any atom is -0.376 e. The molecule has 2 aromatic carbocycles. The van der Waals surface area contributed by atoms with Gasteiger partial charge in [0, 0.05) is 6.04 Å². The number of rotatable bonds is 5. The zero-order valence-electron chi connectivity index (χ0n) is 16.4. The quantitative estimate of drug-likeness (QED) is 0.545. The maximum Gasteiger partial charge on any atom is 0.421 e. The lowest BCUT2D eigenvalue weighted by atomic mass is 9.95. The van der Waals surface area contributed by atoms with Crippen LogP contribution in [-0.2, 0) is 21.8 Å². The summed E-state index contributed by atoms with van der Waals surface area (Å²) in [6, 6.07) is 4.83. The number of halogens is 7. The molecule has 0 aliphatic heterocycles. The predicted octanol–water partition coefficient (Wildman–Crippen LogP) is 5.73. The fourth-order valence-corrected chi connectivity index (χ4v) is 4.96. The molecule has 172 valence electrons. The number of aliphatic hydroxyl groups is 1. The molecule has 0 radical (unpaired) electrons. The maximum absolute atomic E-state index is 13.2. The molecule has 0 aromatic heterocycles. The van der Waals surface area contributed by atoms with Crippen LogP contribution in [0, 0.1) is 0 Å². The van der Waals surface area contributed by atoms with Gasteiger partial charge in [-0.3, -0.25) is 4.31 Å². The van der Waals surface area contributed by atoms with Gasteiger partial charge in [0.25, 0.3) is 10.0 Å². The molecule has 31 heavy (non-hydrogen) atoms. The van der Waals surface area contributed by atoms with E-state index in [0.29, 0.717) is 19.1 Å². The summed E-state index contributed by atoms with van der Waals surface area (Å²) < 4.78 is 105. The van der Waals surface area contributed by atoms with E-state index in [0.717, 1.165) is 34.6 Å². The molecule has 1 N–H and O–H groups in total. The lowest BCUT2D eigenvalue weighted by Gasteiger charge is -2.30. The van der Waals surface area contributed by atoms with Crippen LogP contribution in [0.2, 0.25) is 5.02 Å². The minimum absolute atomic E-state index is 0.120. The number of hydrogen-bond donors (Lipinski definition) is 1. The Kier molecular flexibility index (Phi) is 6.67. The Labute approximate surface area is 180 Å². The van der Waals surface area contributed by atoms with Gasteiger partial charge in [0.1, 0.15) is 4.90 Å². The van der Waals surface area contributed by atoms with Gasteiger partial charge < -0.3 is 5.11 Å². The zero-order chi connectivity index (χ0) is 24.0. The first-order valence-electron chi connectivity index (χ1n) is 8.71. The number of nitrogens with zero attached hydrogens (tertiary/aromatic N) is 1. The van der Waals surface area contributed by atoms with Crippen molar-refractivity contribution in [1.82, 2.24) is 0 Å². The lowest BCUT2D eigenvalue weighted by molar-refractivity contribution is -0.258. The van der Waals surface area contributed by atoms with Crippen molar-refractivity contribution >= 4 is 27.3 Å². The van der Waals surface area contributed by atoms with E-state index >= 15 is 0 Å². The van der Waals surface area contributed by atoms with Crippen LogP contribution in [-0.4, -0.2) is 25.7 Å². The fraction of sp³-hybridized carbons (Fsp3) is 0.368. The number of hydrogen-bond acceptors (Lipinski definition) is 3. The third-order valence-electron chi connectivity index (χ3n) is 4.50. The van der Waals surface area contributed by atoms with E-state index in [4.69, 9.17) is 11.6 Å². The summed E-state index contributed by atoms with van der Waals surface area (Å²) in [6.45, 7) is 3.40. The van der Waals surface area contributed by atoms with Gasteiger partial charge in [-0.05, 0) is 56.7 Å². The summed E-state index contributed by atoms with van der Waals surface area (Å²) in [5.74, 6) is 0. The molecule has 0 spiro atoms. The first-order chi connectivity index (χ1) is 13.9. The maximum atomic E-state index is 13.2. The van der Waals surface area contributed by atoms with E-state index in [1.807, 2.05) is 0 Å². The van der Waals surface area contributed by atoms with E-state index in [1.54, 1.807) is 0 Å². The van der Waals surface area contributed by atoms with Gasteiger partial charge in [-0.15, -0.1) is 0 Å². The summed E-state index contributed by atoms with van der Waals surface area (Å²) >= 11 is 5.87. The third-order valence-corrected chi connectivity index (χ3v) is 6.99. The average Bonchev–Trinajstić information content (AvgIpc) is 2.60. The van der Waals surface area contributed by atoms with Crippen molar-refractivity contribution in [3.8, 4) is 0 Å². The highest BCUT2D eigenvalue weighted by atomic mass is 35.5. The van der Waals surface area contributed by atoms with Crippen molar-refractivity contribution in [3.05, 3.63) is 58.6 Å². The van der Waals surface area contributed by atoms with Gasteiger partial charge in [-0.25, -0.2) is 8.42 Å². The third kappa shape index (κ3) is 4.93. The van der Waals surface area contributed by atoms with Gasteiger partial charge in [-0.1, -0.05) is 23.7 Å². The second-order valence-corrected chi connectivity index (χ2v) is 9.34. The largest absolute Gasteiger partial charge is 0.421 e. The number of sulfonamides is 1. The highest BCUT2D eigenvalue weighted by Gasteiger charge is 2.51. The Morgan fingerprint density at radius 1 is 0.935 bits per heavy atom. The van der Waals surface area contributed by atoms with Gasteiger partial charge in [0.15, 0.2) is 5.60 Å². The van der Waals surface area contributed by atoms with E-state index < -0.39 is 55.1 Å². The molecule has 2 aromatic rings. The van der Waals surface area contributed by atoms with Crippen molar-refractivity contribution in [2.24, 2.45) is 0 Å². The second kappa shape index (κ2) is 8.18. The Hall–Kier alpha value is -1.98. The standard InChI is InChI=1S/C19H18ClF6NO3S/c1-11(2)27(14-7-4-12(5-8-14)17(3,28)19(24,25)26)31(29,30)16-10-13(18(21,22)23)6-9-15(16)20/h4-11,28H,1-3H3. The van der Waals surface area contributed by atoms with Gasteiger partial charge in [-0.2, -0.15) is 26.3 Å². The SMILES string of the molecule is CC(C)N(c1ccc(C(C)(O)C(F)(F)F)cc1)S(=O)(=O)c1cc(C(F)(F)F)ccc1Cl. The Morgan fingerprint density at radius 2 is 1.42 bits per heavy atom. The molecule has 0 fully saturated rings. The first kappa shape index (κ1) is 25.3. The van der Waals surface area contributed by atoms with Crippen LogP contribution < -0.4 is 4.31 Å². The molecule has 0 aliphatic carbocycles. The molecule has 0 saturated carbocycles. The summed E-state index contributed by atoms with van der Waals surface area (Å²) in [6.07, 6.45) is -9.80. The van der Waals surface area contributed by atoms with Crippen molar-refractivity contribution in [1.29, 1.82) is 0 Å². The summed E-state index contributed by atoms with van der Waals surface area (Å²) in [4.78, 5) is -0.802. The topological polar surface area (TPSA) is 57.6 Å². The van der Waals surface area contributed by atoms with Crippen LogP contribution in [0.1, 0.15) is 31.9 Å². The Morgan fingerprint density at radius 3 is 1.84 bits per heavy atom. The minimum atomic E-state index is -4.98. The van der Waals surface area contributed by atoms with Crippen molar-refractivity contribution < 1.29 is 39.9 Å². The van der Waals surface area contributed by atoms with Crippen molar-refractivity contribution in [2.45, 2.75) is 49.7 Å². The number of anilines is 1. The monoisotopic (exact) mass is 489 g/mol. The number of benzene rings is 2. The predicted molar refractivity (Wildman–Crippen MR) is 103 cm³/mol. The number of alkyl halides is 6. The highest BCUT2D eigenvalue weighted by molar-refractivity contribution is 7.93. The Bertz CT molecular complexity index is 1050. The van der Waals surface area contributed by atoms with Crippen LogP contribution in [0.4, 0.5) is 32.0 Å². The van der Waals surface area contributed by atoms with Gasteiger partial charge in [0.2, 0.25) is 0 Å². The fourth-order valence-electron chi connectivity index (χ4n) is 2.79. The van der Waals surface area contributed by atoms with Crippen LogP contribution in [0.5, 0.6) is 0 Å². The molecule has 0 saturated heterocycles. The molecule has 4 nitrogen and oxygen atoms in total. The summed E-state index contributed by atoms with van der Waals surface area (Å²) in [5.41, 5.74) is -5.07. The molecule has 0 heterocycles.